The molecule has 3 N–H and O–H groups in total. The first kappa shape index (κ1) is 12.5. The summed E-state index contributed by atoms with van der Waals surface area (Å²) < 4.78 is 21.9. The Morgan fingerprint density at radius 1 is 1.56 bits per heavy atom. The van der Waals surface area contributed by atoms with Crippen LogP contribution in [0.1, 0.15) is 0 Å². The molecule has 7 nitrogen and oxygen atoms in total. The number of sulfone groups is 1. The number of H-pyrrole nitrogens is 1. The molecule has 0 fully saturated rings. The quantitative estimate of drug-likeness (QED) is 0.693. The van der Waals surface area contributed by atoms with Crippen LogP contribution >= 0.6 is 0 Å². The van der Waals surface area contributed by atoms with Crippen molar-refractivity contribution in [3.8, 4) is 0 Å². The lowest BCUT2D eigenvalue weighted by Crippen LogP contribution is -2.28. The van der Waals surface area contributed by atoms with E-state index < -0.39 is 15.4 Å². The molecule has 0 aliphatic rings. The Morgan fingerprint density at radius 3 is 2.75 bits per heavy atom. The molecule has 0 aromatic carbocycles. The highest BCUT2D eigenvalue weighted by atomic mass is 32.2. The molecule has 8 heteroatoms. The molecule has 0 saturated heterocycles. The summed E-state index contributed by atoms with van der Waals surface area (Å²) in [7, 11) is -1.42. The average molecular weight is 246 g/mol. The molecule has 0 unspecified atom stereocenters. The van der Waals surface area contributed by atoms with Crippen LogP contribution in [-0.4, -0.2) is 44.0 Å². The minimum atomic E-state index is -3.05. The molecular formula is C8H14N4O3S. The molecule has 90 valence electrons. The molecule has 1 aromatic rings. The van der Waals surface area contributed by atoms with Gasteiger partial charge in [-0.05, 0) is 0 Å². The van der Waals surface area contributed by atoms with Crippen LogP contribution in [0.15, 0.2) is 11.1 Å². The summed E-state index contributed by atoms with van der Waals surface area (Å²) in [5.41, 5.74) is 5.08. The van der Waals surface area contributed by atoms with Gasteiger partial charge in [-0.15, -0.1) is 0 Å². The summed E-state index contributed by atoms with van der Waals surface area (Å²) in [6.45, 7) is 0.236. The monoisotopic (exact) mass is 246 g/mol. The first-order valence-electron chi connectivity index (χ1n) is 4.53. The van der Waals surface area contributed by atoms with Gasteiger partial charge in [0.2, 0.25) is 0 Å². The Labute approximate surface area is 93.2 Å². The van der Waals surface area contributed by atoms with Gasteiger partial charge in [0.05, 0.1) is 12.1 Å². The number of nitrogens with zero attached hydrogens (tertiary/aromatic N) is 2. The summed E-state index contributed by atoms with van der Waals surface area (Å²) in [6.07, 6.45) is 2.38. The molecular weight excluding hydrogens is 232 g/mol. The van der Waals surface area contributed by atoms with E-state index in [4.69, 9.17) is 5.73 Å². The van der Waals surface area contributed by atoms with Gasteiger partial charge in [0, 0.05) is 19.8 Å². The van der Waals surface area contributed by atoms with Crippen LogP contribution in [0.4, 0.5) is 11.5 Å². The molecule has 0 aliphatic carbocycles. The second kappa shape index (κ2) is 4.52. The van der Waals surface area contributed by atoms with Crippen molar-refractivity contribution in [2.24, 2.45) is 0 Å². The van der Waals surface area contributed by atoms with Crippen LogP contribution in [-0.2, 0) is 9.84 Å². The van der Waals surface area contributed by atoms with Gasteiger partial charge in [-0.1, -0.05) is 0 Å². The molecule has 0 atom stereocenters. The highest BCUT2D eigenvalue weighted by molar-refractivity contribution is 7.90. The number of nitrogens with two attached hydrogens (primary N) is 1. The van der Waals surface area contributed by atoms with Gasteiger partial charge in [0.1, 0.15) is 15.5 Å². The molecule has 1 aromatic heterocycles. The average Bonchev–Trinajstić information content (AvgIpc) is 2.17. The number of hydrogen-bond donors (Lipinski definition) is 2. The Balaban J connectivity index is 2.85. The Morgan fingerprint density at radius 2 is 2.19 bits per heavy atom. The molecule has 1 rings (SSSR count). The van der Waals surface area contributed by atoms with E-state index in [-0.39, 0.29) is 23.8 Å². The maximum atomic E-state index is 11.2. The van der Waals surface area contributed by atoms with Gasteiger partial charge in [-0.2, -0.15) is 0 Å². The van der Waals surface area contributed by atoms with Crippen molar-refractivity contribution >= 4 is 21.3 Å². The van der Waals surface area contributed by atoms with E-state index in [9.17, 15) is 13.2 Å². The second-order valence-corrected chi connectivity index (χ2v) is 5.78. The van der Waals surface area contributed by atoms with Crippen LogP contribution in [0, 0.1) is 0 Å². The van der Waals surface area contributed by atoms with Crippen molar-refractivity contribution in [3.63, 3.8) is 0 Å². The fourth-order valence-electron chi connectivity index (χ4n) is 1.11. The third kappa shape index (κ3) is 3.23. The zero-order valence-electron chi connectivity index (χ0n) is 9.10. The number of nitrogens with one attached hydrogen (secondary N) is 1. The van der Waals surface area contributed by atoms with Crippen molar-refractivity contribution in [3.05, 3.63) is 16.7 Å². The largest absolute Gasteiger partial charge is 0.391 e. The predicted molar refractivity (Wildman–Crippen MR) is 62.3 cm³/mol. The number of nitrogen functional groups attached to an aromatic ring is 1. The topological polar surface area (TPSA) is 109 Å². The number of aromatic nitrogens is 2. The minimum Gasteiger partial charge on any atom is -0.391 e. The predicted octanol–water partition coefficient (Wildman–Crippen LogP) is -1.17. The first-order chi connectivity index (χ1) is 7.31. The first-order valence-corrected chi connectivity index (χ1v) is 6.59. The molecule has 16 heavy (non-hydrogen) atoms. The molecule has 0 saturated carbocycles. The van der Waals surface area contributed by atoms with Gasteiger partial charge in [-0.25, -0.2) is 13.4 Å². The van der Waals surface area contributed by atoms with E-state index >= 15 is 0 Å². The molecule has 0 amide bonds. The lowest BCUT2D eigenvalue weighted by Gasteiger charge is -2.18. The van der Waals surface area contributed by atoms with E-state index in [0.717, 1.165) is 6.26 Å². The van der Waals surface area contributed by atoms with Gasteiger partial charge in [0.25, 0.3) is 5.56 Å². The van der Waals surface area contributed by atoms with Gasteiger partial charge < -0.3 is 15.6 Å². The third-order valence-corrected chi connectivity index (χ3v) is 2.95. The standard InChI is InChI=1S/C8H14N4O3S/c1-12(3-4-16(2,14)15)7-6(9)8(13)11-5-10-7/h5H,3-4,9H2,1-2H3,(H,10,11,13). The Bertz CT molecular complexity index is 522. The van der Waals surface area contributed by atoms with Gasteiger partial charge >= 0.3 is 0 Å². The van der Waals surface area contributed by atoms with Crippen LogP contribution in [0.3, 0.4) is 0 Å². The number of aromatic amines is 1. The van der Waals surface area contributed by atoms with Gasteiger partial charge in [0.15, 0.2) is 5.82 Å². The summed E-state index contributed by atoms with van der Waals surface area (Å²) >= 11 is 0. The van der Waals surface area contributed by atoms with E-state index in [1.807, 2.05) is 0 Å². The summed E-state index contributed by atoms with van der Waals surface area (Å²) in [4.78, 5) is 18.9. The van der Waals surface area contributed by atoms with Crippen molar-refractivity contribution in [1.29, 1.82) is 0 Å². The van der Waals surface area contributed by atoms with Crippen LogP contribution in [0.5, 0.6) is 0 Å². The smallest absolute Gasteiger partial charge is 0.276 e. The maximum absolute atomic E-state index is 11.2. The molecule has 0 aliphatic heterocycles. The Hall–Kier alpha value is -1.57. The van der Waals surface area contributed by atoms with Crippen molar-refractivity contribution in [2.75, 3.05) is 36.2 Å². The molecule has 1 heterocycles. The van der Waals surface area contributed by atoms with Gasteiger partial charge in [-0.3, -0.25) is 4.79 Å². The maximum Gasteiger partial charge on any atom is 0.276 e. The zero-order chi connectivity index (χ0) is 12.3. The lowest BCUT2D eigenvalue weighted by atomic mass is 10.4. The molecule has 0 radical (unpaired) electrons. The highest BCUT2D eigenvalue weighted by Crippen LogP contribution is 2.12. The van der Waals surface area contributed by atoms with Crippen molar-refractivity contribution in [2.45, 2.75) is 0 Å². The highest BCUT2D eigenvalue weighted by Gasteiger charge is 2.11. The fourth-order valence-corrected chi connectivity index (χ4v) is 1.72. The van der Waals surface area contributed by atoms with E-state index in [0.29, 0.717) is 0 Å². The van der Waals surface area contributed by atoms with Crippen LogP contribution in [0.2, 0.25) is 0 Å². The number of rotatable bonds is 4. The van der Waals surface area contributed by atoms with E-state index in [1.54, 1.807) is 7.05 Å². The lowest BCUT2D eigenvalue weighted by molar-refractivity contribution is 0.601. The van der Waals surface area contributed by atoms with Crippen molar-refractivity contribution < 1.29 is 8.42 Å². The SMILES string of the molecule is CN(CCS(C)(=O)=O)c1nc[nH]c(=O)c1N. The summed E-state index contributed by atoms with van der Waals surface area (Å²) in [5.74, 6) is 0.268. The van der Waals surface area contributed by atoms with E-state index in [1.165, 1.54) is 11.2 Å². The minimum absolute atomic E-state index is 0.0153. The van der Waals surface area contributed by atoms with E-state index in [2.05, 4.69) is 9.97 Å². The zero-order valence-corrected chi connectivity index (χ0v) is 9.91. The molecule has 0 spiro atoms. The van der Waals surface area contributed by atoms with Crippen LogP contribution in [0.25, 0.3) is 0 Å². The summed E-state index contributed by atoms with van der Waals surface area (Å²) in [5, 5.41) is 0. The third-order valence-electron chi connectivity index (χ3n) is 2.03. The normalized spacial score (nSPS) is 11.4. The number of hydrogen-bond acceptors (Lipinski definition) is 6. The second-order valence-electron chi connectivity index (χ2n) is 3.52. The van der Waals surface area contributed by atoms with Crippen LogP contribution < -0.4 is 16.2 Å². The van der Waals surface area contributed by atoms with Crippen molar-refractivity contribution in [1.82, 2.24) is 9.97 Å². The Kier molecular flexibility index (Phi) is 3.53. The number of anilines is 2. The fraction of sp³-hybridized carbons (Fsp3) is 0.500. The summed E-state index contributed by atoms with van der Waals surface area (Å²) in [6, 6.07) is 0. The molecule has 0 bridgehead atoms.